The van der Waals surface area contributed by atoms with Crippen LogP contribution < -0.4 is 5.32 Å². The van der Waals surface area contributed by atoms with E-state index in [2.05, 4.69) is 10.4 Å². The van der Waals surface area contributed by atoms with Crippen molar-refractivity contribution in [2.24, 2.45) is 0 Å². The Labute approximate surface area is 138 Å². The Morgan fingerprint density at radius 2 is 2.00 bits per heavy atom. The molecular weight excluding hydrogens is 325 g/mol. The number of likely N-dealkylation sites (tertiary alicyclic amines) is 1. The summed E-state index contributed by atoms with van der Waals surface area (Å²) in [6.07, 6.45) is -1.84. The molecule has 1 aromatic heterocycles. The van der Waals surface area contributed by atoms with Gasteiger partial charge in [-0.2, -0.15) is 18.3 Å². The molecule has 0 aliphatic carbocycles. The van der Waals surface area contributed by atoms with Crippen LogP contribution in [0.2, 0.25) is 0 Å². The summed E-state index contributed by atoms with van der Waals surface area (Å²) in [5, 5.41) is 6.60. The summed E-state index contributed by atoms with van der Waals surface area (Å²) in [5.41, 5.74) is 0.112. The normalized spacial score (nSPS) is 21.9. The van der Waals surface area contributed by atoms with Crippen LogP contribution in [0, 0.1) is 0 Å². The summed E-state index contributed by atoms with van der Waals surface area (Å²) in [7, 11) is 0. The predicted molar refractivity (Wildman–Crippen MR) is 80.3 cm³/mol. The zero-order valence-corrected chi connectivity index (χ0v) is 13.8. The van der Waals surface area contributed by atoms with Crippen molar-refractivity contribution in [3.8, 4) is 0 Å². The van der Waals surface area contributed by atoms with Crippen molar-refractivity contribution in [1.82, 2.24) is 20.0 Å². The van der Waals surface area contributed by atoms with Crippen molar-refractivity contribution in [2.45, 2.75) is 57.9 Å². The van der Waals surface area contributed by atoms with Crippen molar-refractivity contribution in [3.63, 3.8) is 0 Å². The van der Waals surface area contributed by atoms with Gasteiger partial charge in [0.15, 0.2) is 0 Å². The number of nitrogens with zero attached hydrogens (tertiary/aromatic N) is 3. The third-order valence-electron chi connectivity index (χ3n) is 4.01. The molecule has 1 aromatic rings. The molecule has 6 nitrogen and oxygen atoms in total. The second kappa shape index (κ2) is 6.82. The molecule has 24 heavy (non-hydrogen) atoms. The second-order valence-corrected chi connectivity index (χ2v) is 6.29. The Bertz CT molecular complexity index is 612. The van der Waals surface area contributed by atoms with Crippen molar-refractivity contribution in [2.75, 3.05) is 6.54 Å². The molecule has 1 saturated heterocycles. The van der Waals surface area contributed by atoms with Gasteiger partial charge in [0.05, 0.1) is 11.8 Å². The largest absolute Gasteiger partial charge is 0.408 e. The van der Waals surface area contributed by atoms with E-state index in [9.17, 15) is 22.8 Å². The van der Waals surface area contributed by atoms with Crippen LogP contribution in [0.5, 0.6) is 0 Å². The molecule has 0 radical (unpaired) electrons. The number of halogens is 3. The first-order valence-corrected chi connectivity index (χ1v) is 7.78. The van der Waals surface area contributed by atoms with E-state index < -0.39 is 24.2 Å². The lowest BCUT2D eigenvalue weighted by Gasteiger charge is -2.40. The SMILES string of the molecule is CC(=O)N[C@H]1CC[C@@H](C(F)(F)F)N(C(=O)c2cnn(C(C)C)c2)C1. The Hall–Kier alpha value is -2.06. The average molecular weight is 346 g/mol. The summed E-state index contributed by atoms with van der Waals surface area (Å²) < 4.78 is 41.4. The maximum absolute atomic E-state index is 13.3. The van der Waals surface area contributed by atoms with E-state index in [1.807, 2.05) is 13.8 Å². The van der Waals surface area contributed by atoms with Gasteiger partial charge in [-0.05, 0) is 26.7 Å². The monoisotopic (exact) mass is 346 g/mol. The van der Waals surface area contributed by atoms with Gasteiger partial charge in [-0.1, -0.05) is 0 Å². The quantitative estimate of drug-likeness (QED) is 0.912. The van der Waals surface area contributed by atoms with Crippen LogP contribution >= 0.6 is 0 Å². The maximum atomic E-state index is 13.3. The molecule has 2 amide bonds. The van der Waals surface area contributed by atoms with E-state index in [4.69, 9.17) is 0 Å². The van der Waals surface area contributed by atoms with Gasteiger partial charge in [-0.25, -0.2) is 0 Å². The van der Waals surface area contributed by atoms with Gasteiger partial charge >= 0.3 is 6.18 Å². The number of alkyl halides is 3. The molecule has 1 aliphatic rings. The Balaban J connectivity index is 2.24. The highest BCUT2D eigenvalue weighted by Gasteiger charge is 2.48. The minimum atomic E-state index is -4.51. The zero-order chi connectivity index (χ0) is 18.1. The van der Waals surface area contributed by atoms with E-state index in [0.717, 1.165) is 4.90 Å². The average Bonchev–Trinajstić information content (AvgIpc) is 2.94. The van der Waals surface area contributed by atoms with Gasteiger partial charge in [0.25, 0.3) is 5.91 Å². The molecule has 2 atom stereocenters. The van der Waals surface area contributed by atoms with E-state index in [0.29, 0.717) is 0 Å². The molecular formula is C15H21F3N4O2. The number of carbonyl (C=O) groups excluding carboxylic acids is 2. The van der Waals surface area contributed by atoms with Crippen molar-refractivity contribution in [1.29, 1.82) is 0 Å². The van der Waals surface area contributed by atoms with Gasteiger partial charge in [0.1, 0.15) is 6.04 Å². The van der Waals surface area contributed by atoms with Gasteiger partial charge < -0.3 is 10.2 Å². The standard InChI is InChI=1S/C15H21F3N4O2/c1-9(2)22-7-11(6-19-22)14(24)21-8-12(20-10(3)23)4-5-13(21)15(16,17)18/h6-7,9,12-13H,4-5,8H2,1-3H3,(H,20,23)/t12-,13-/m0/s1. The van der Waals surface area contributed by atoms with Crippen LogP contribution in [-0.2, 0) is 4.79 Å². The Morgan fingerprint density at radius 3 is 2.50 bits per heavy atom. The first kappa shape index (κ1) is 18.3. The molecule has 0 saturated carbocycles. The predicted octanol–water partition coefficient (Wildman–Crippen LogP) is 2.14. The lowest BCUT2D eigenvalue weighted by atomic mass is 9.97. The minimum absolute atomic E-state index is 0.00144. The van der Waals surface area contributed by atoms with Gasteiger partial charge in [-0.3, -0.25) is 14.3 Å². The molecule has 1 N–H and O–H groups in total. The molecule has 134 valence electrons. The van der Waals surface area contributed by atoms with Crippen LogP contribution in [0.25, 0.3) is 0 Å². The van der Waals surface area contributed by atoms with Gasteiger partial charge in [-0.15, -0.1) is 0 Å². The summed E-state index contributed by atoms with van der Waals surface area (Å²) in [6.45, 7) is 4.84. The molecule has 0 spiro atoms. The fraction of sp³-hybridized carbons (Fsp3) is 0.667. The van der Waals surface area contributed by atoms with Gasteiger partial charge in [0.2, 0.25) is 5.91 Å². The van der Waals surface area contributed by atoms with Crippen molar-refractivity contribution >= 4 is 11.8 Å². The summed E-state index contributed by atoms with van der Waals surface area (Å²) in [5.74, 6) is -1.05. The highest BCUT2D eigenvalue weighted by Crippen LogP contribution is 2.33. The number of rotatable bonds is 3. The van der Waals surface area contributed by atoms with E-state index >= 15 is 0 Å². The summed E-state index contributed by atoms with van der Waals surface area (Å²) in [4.78, 5) is 24.5. The maximum Gasteiger partial charge on any atom is 0.408 e. The lowest BCUT2D eigenvalue weighted by Crippen LogP contribution is -2.58. The molecule has 1 fully saturated rings. The van der Waals surface area contributed by atoms with Crippen LogP contribution in [0.1, 0.15) is 50.0 Å². The Kier molecular flexibility index (Phi) is 5.19. The van der Waals surface area contributed by atoms with Crippen LogP contribution in [0.4, 0.5) is 13.2 Å². The first-order valence-electron chi connectivity index (χ1n) is 7.78. The molecule has 2 rings (SSSR count). The summed E-state index contributed by atoms with van der Waals surface area (Å²) in [6, 6.07) is -2.33. The van der Waals surface area contributed by atoms with E-state index in [1.54, 1.807) is 0 Å². The van der Waals surface area contributed by atoms with E-state index in [1.165, 1.54) is 24.0 Å². The minimum Gasteiger partial charge on any atom is -0.352 e. The number of amides is 2. The number of nitrogens with one attached hydrogen (secondary N) is 1. The smallest absolute Gasteiger partial charge is 0.352 e. The number of carbonyl (C=O) groups is 2. The topological polar surface area (TPSA) is 67.2 Å². The molecule has 2 heterocycles. The molecule has 0 aromatic carbocycles. The molecule has 0 bridgehead atoms. The van der Waals surface area contributed by atoms with Crippen LogP contribution in [0.15, 0.2) is 12.4 Å². The second-order valence-electron chi connectivity index (χ2n) is 6.29. The summed E-state index contributed by atoms with van der Waals surface area (Å²) >= 11 is 0. The third kappa shape index (κ3) is 4.07. The van der Waals surface area contributed by atoms with Crippen molar-refractivity contribution in [3.05, 3.63) is 18.0 Å². The fourth-order valence-corrected chi connectivity index (χ4v) is 2.84. The van der Waals surface area contributed by atoms with Gasteiger partial charge in [0, 0.05) is 31.7 Å². The number of hydrogen-bond donors (Lipinski definition) is 1. The number of piperidine rings is 1. The van der Waals surface area contributed by atoms with Crippen LogP contribution in [-0.4, -0.2) is 51.3 Å². The first-order chi connectivity index (χ1) is 11.1. The highest BCUT2D eigenvalue weighted by atomic mass is 19.4. The zero-order valence-electron chi connectivity index (χ0n) is 13.8. The van der Waals surface area contributed by atoms with Crippen molar-refractivity contribution < 1.29 is 22.8 Å². The molecule has 0 unspecified atom stereocenters. The number of aromatic nitrogens is 2. The fourth-order valence-electron chi connectivity index (χ4n) is 2.84. The molecule has 1 aliphatic heterocycles. The highest BCUT2D eigenvalue weighted by molar-refractivity contribution is 5.94. The van der Waals surface area contributed by atoms with E-state index in [-0.39, 0.29) is 36.9 Å². The lowest BCUT2D eigenvalue weighted by molar-refractivity contribution is -0.184. The number of hydrogen-bond acceptors (Lipinski definition) is 3. The molecule has 9 heteroatoms. The van der Waals surface area contributed by atoms with Crippen LogP contribution in [0.3, 0.4) is 0 Å². The Morgan fingerprint density at radius 1 is 1.33 bits per heavy atom. The third-order valence-corrected chi connectivity index (χ3v) is 4.01.